The fourth-order valence-corrected chi connectivity index (χ4v) is 2.92. The molecule has 0 fully saturated rings. The number of thioether (sulfide) groups is 1. The summed E-state index contributed by atoms with van der Waals surface area (Å²) in [7, 11) is 3.06. The average Bonchev–Trinajstić information content (AvgIpc) is 3.20. The van der Waals surface area contributed by atoms with Crippen molar-refractivity contribution in [2.45, 2.75) is 10.9 Å². The Balaban J connectivity index is 1.74. The van der Waals surface area contributed by atoms with Crippen LogP contribution >= 0.6 is 11.8 Å². The third-order valence-corrected chi connectivity index (χ3v) is 4.38. The van der Waals surface area contributed by atoms with E-state index in [4.69, 9.17) is 4.42 Å². The SMILES string of the molecule is COC(=O)c1ccc(CSc2nnc(-c3ccccc3F)n2C)o1. The number of halogens is 1. The molecule has 0 unspecified atom stereocenters. The summed E-state index contributed by atoms with van der Waals surface area (Å²) in [5.74, 6) is 0.796. The Labute approximate surface area is 141 Å². The minimum atomic E-state index is -0.522. The molecule has 8 heteroatoms. The maximum absolute atomic E-state index is 13.9. The molecule has 0 saturated carbocycles. The van der Waals surface area contributed by atoms with Gasteiger partial charge >= 0.3 is 5.97 Å². The summed E-state index contributed by atoms with van der Waals surface area (Å²) in [4.78, 5) is 11.4. The third-order valence-electron chi connectivity index (χ3n) is 3.34. The first-order valence-corrected chi connectivity index (χ1v) is 8.03. The number of benzene rings is 1. The fourth-order valence-electron chi connectivity index (χ4n) is 2.12. The van der Waals surface area contributed by atoms with Crippen molar-refractivity contribution >= 4 is 17.7 Å². The smallest absolute Gasteiger partial charge is 0.373 e. The molecule has 0 atom stereocenters. The Kier molecular flexibility index (Phi) is 4.66. The van der Waals surface area contributed by atoms with Crippen molar-refractivity contribution in [2.24, 2.45) is 7.05 Å². The Morgan fingerprint density at radius 3 is 2.83 bits per heavy atom. The molecule has 6 nitrogen and oxygen atoms in total. The van der Waals surface area contributed by atoms with Gasteiger partial charge in [-0.3, -0.25) is 0 Å². The van der Waals surface area contributed by atoms with Crippen LogP contribution in [0.3, 0.4) is 0 Å². The predicted molar refractivity (Wildman–Crippen MR) is 86.0 cm³/mol. The van der Waals surface area contributed by atoms with Crippen molar-refractivity contribution in [3.05, 3.63) is 53.7 Å². The molecular formula is C16H14FN3O3S. The second-order valence-electron chi connectivity index (χ2n) is 4.89. The highest BCUT2D eigenvalue weighted by molar-refractivity contribution is 7.98. The molecule has 0 N–H and O–H groups in total. The summed E-state index contributed by atoms with van der Waals surface area (Å²) in [6.07, 6.45) is 0. The lowest BCUT2D eigenvalue weighted by molar-refractivity contribution is 0.0563. The normalized spacial score (nSPS) is 10.8. The molecule has 0 radical (unpaired) electrons. The van der Waals surface area contributed by atoms with Gasteiger partial charge in [0, 0.05) is 7.05 Å². The Morgan fingerprint density at radius 1 is 1.29 bits per heavy atom. The Morgan fingerprint density at radius 2 is 2.08 bits per heavy atom. The maximum Gasteiger partial charge on any atom is 0.373 e. The zero-order valence-electron chi connectivity index (χ0n) is 13.0. The van der Waals surface area contributed by atoms with Crippen LogP contribution in [0.25, 0.3) is 11.4 Å². The number of ether oxygens (including phenoxy) is 1. The molecule has 0 aliphatic carbocycles. The standard InChI is InChI=1S/C16H14FN3O3S/c1-20-14(11-5-3-4-6-12(11)17)18-19-16(20)24-9-10-7-8-13(23-10)15(21)22-2/h3-8H,9H2,1-2H3. The maximum atomic E-state index is 13.9. The van der Waals surface area contributed by atoms with Crippen LogP contribution in [0.4, 0.5) is 4.39 Å². The highest BCUT2D eigenvalue weighted by Crippen LogP contribution is 2.27. The second kappa shape index (κ2) is 6.88. The molecule has 124 valence electrons. The summed E-state index contributed by atoms with van der Waals surface area (Å²) in [5.41, 5.74) is 0.394. The first-order valence-electron chi connectivity index (χ1n) is 7.04. The van der Waals surface area contributed by atoms with E-state index >= 15 is 0 Å². The summed E-state index contributed by atoms with van der Waals surface area (Å²) < 4.78 is 25.6. The quantitative estimate of drug-likeness (QED) is 0.521. The van der Waals surface area contributed by atoms with Crippen molar-refractivity contribution in [2.75, 3.05) is 7.11 Å². The average molecular weight is 347 g/mol. The largest absolute Gasteiger partial charge is 0.463 e. The van der Waals surface area contributed by atoms with E-state index in [0.29, 0.717) is 28.1 Å². The number of carbonyl (C=O) groups excluding carboxylic acids is 1. The van der Waals surface area contributed by atoms with Gasteiger partial charge in [0.2, 0.25) is 5.76 Å². The molecule has 24 heavy (non-hydrogen) atoms. The lowest BCUT2D eigenvalue weighted by Crippen LogP contribution is -1.98. The molecule has 1 aromatic carbocycles. The van der Waals surface area contributed by atoms with E-state index in [9.17, 15) is 9.18 Å². The van der Waals surface area contributed by atoms with Crippen LogP contribution in [0, 0.1) is 5.82 Å². The molecular weight excluding hydrogens is 333 g/mol. The number of esters is 1. The van der Waals surface area contributed by atoms with E-state index < -0.39 is 5.97 Å². The summed E-state index contributed by atoms with van der Waals surface area (Å²) in [6, 6.07) is 9.67. The van der Waals surface area contributed by atoms with E-state index in [1.54, 1.807) is 41.9 Å². The zero-order chi connectivity index (χ0) is 17.1. The van der Waals surface area contributed by atoms with Crippen molar-refractivity contribution in [3.63, 3.8) is 0 Å². The number of hydrogen-bond acceptors (Lipinski definition) is 6. The monoisotopic (exact) mass is 347 g/mol. The third kappa shape index (κ3) is 3.18. The van der Waals surface area contributed by atoms with Crippen molar-refractivity contribution in [1.29, 1.82) is 0 Å². The minimum Gasteiger partial charge on any atom is -0.463 e. The van der Waals surface area contributed by atoms with E-state index in [2.05, 4.69) is 14.9 Å². The van der Waals surface area contributed by atoms with Gasteiger partial charge in [-0.2, -0.15) is 0 Å². The number of carbonyl (C=O) groups is 1. The van der Waals surface area contributed by atoms with Gasteiger partial charge in [-0.05, 0) is 24.3 Å². The van der Waals surface area contributed by atoms with Crippen LogP contribution in [0.1, 0.15) is 16.3 Å². The van der Waals surface area contributed by atoms with Gasteiger partial charge in [-0.15, -0.1) is 10.2 Å². The predicted octanol–water partition coefficient (Wildman–Crippen LogP) is 3.29. The molecule has 0 spiro atoms. The van der Waals surface area contributed by atoms with Gasteiger partial charge in [0.1, 0.15) is 11.6 Å². The van der Waals surface area contributed by atoms with E-state index in [1.165, 1.54) is 24.9 Å². The minimum absolute atomic E-state index is 0.151. The fraction of sp³-hybridized carbons (Fsp3) is 0.188. The van der Waals surface area contributed by atoms with Gasteiger partial charge in [0.05, 0.1) is 18.4 Å². The van der Waals surface area contributed by atoms with Crippen LogP contribution in [-0.4, -0.2) is 27.8 Å². The lowest BCUT2D eigenvalue weighted by atomic mass is 10.2. The van der Waals surface area contributed by atoms with Crippen molar-refractivity contribution in [3.8, 4) is 11.4 Å². The van der Waals surface area contributed by atoms with Gasteiger partial charge in [-0.1, -0.05) is 23.9 Å². The zero-order valence-corrected chi connectivity index (χ0v) is 13.8. The number of furan rings is 1. The van der Waals surface area contributed by atoms with Crippen LogP contribution in [0.15, 0.2) is 46.0 Å². The van der Waals surface area contributed by atoms with Crippen LogP contribution in [-0.2, 0) is 17.5 Å². The first-order chi connectivity index (χ1) is 11.6. The Bertz CT molecular complexity index is 875. The van der Waals surface area contributed by atoms with E-state index in [0.717, 1.165) is 0 Å². The Hall–Kier alpha value is -2.61. The number of nitrogens with zero attached hydrogens (tertiary/aromatic N) is 3. The first kappa shape index (κ1) is 16.3. The van der Waals surface area contributed by atoms with Crippen LogP contribution in [0.5, 0.6) is 0 Å². The molecule has 0 saturated heterocycles. The van der Waals surface area contributed by atoms with E-state index in [-0.39, 0.29) is 11.6 Å². The molecule has 0 aliphatic heterocycles. The molecule has 2 heterocycles. The molecule has 0 amide bonds. The van der Waals surface area contributed by atoms with Crippen molar-refractivity contribution < 1.29 is 18.3 Å². The lowest BCUT2D eigenvalue weighted by Gasteiger charge is -2.04. The molecule has 0 bridgehead atoms. The number of rotatable bonds is 5. The van der Waals surface area contributed by atoms with Gasteiger partial charge in [0.15, 0.2) is 11.0 Å². The van der Waals surface area contributed by atoms with Gasteiger partial charge in [0.25, 0.3) is 0 Å². The molecule has 3 rings (SSSR count). The topological polar surface area (TPSA) is 70.2 Å². The molecule has 0 aliphatic rings. The number of methoxy groups -OCH3 is 1. The summed E-state index contributed by atoms with van der Waals surface area (Å²) in [6.45, 7) is 0. The highest BCUT2D eigenvalue weighted by atomic mass is 32.2. The van der Waals surface area contributed by atoms with Gasteiger partial charge in [-0.25, -0.2) is 9.18 Å². The number of aromatic nitrogens is 3. The van der Waals surface area contributed by atoms with Gasteiger partial charge < -0.3 is 13.7 Å². The molecule has 2 aromatic heterocycles. The van der Waals surface area contributed by atoms with E-state index in [1.807, 2.05) is 0 Å². The highest BCUT2D eigenvalue weighted by Gasteiger charge is 2.16. The van der Waals surface area contributed by atoms with Crippen LogP contribution < -0.4 is 0 Å². The second-order valence-corrected chi connectivity index (χ2v) is 5.83. The number of hydrogen-bond donors (Lipinski definition) is 0. The van der Waals surface area contributed by atoms with Crippen LogP contribution in [0.2, 0.25) is 0 Å². The summed E-state index contributed by atoms with van der Waals surface area (Å²) in [5, 5.41) is 8.75. The summed E-state index contributed by atoms with van der Waals surface area (Å²) >= 11 is 1.38. The van der Waals surface area contributed by atoms with Crippen molar-refractivity contribution in [1.82, 2.24) is 14.8 Å². The molecule has 3 aromatic rings.